The molecule has 0 aliphatic heterocycles. The number of amides is 1. The van der Waals surface area contributed by atoms with Crippen LogP contribution in [-0.2, 0) is 14.8 Å². The van der Waals surface area contributed by atoms with Gasteiger partial charge in [0.05, 0.1) is 23.7 Å². The van der Waals surface area contributed by atoms with Gasteiger partial charge in [-0.15, -0.1) is 0 Å². The summed E-state index contributed by atoms with van der Waals surface area (Å²) in [6.45, 7) is 5.40. The number of methoxy groups -OCH3 is 1. The van der Waals surface area contributed by atoms with Gasteiger partial charge in [-0.25, -0.2) is 8.42 Å². The number of halogens is 1. The molecule has 1 atom stereocenters. The van der Waals surface area contributed by atoms with Crippen LogP contribution in [0.3, 0.4) is 0 Å². The fraction of sp³-hybridized carbons (Fsp3) is 0.269. The Bertz CT molecular complexity index is 1240. The van der Waals surface area contributed by atoms with Crippen LogP contribution in [0.4, 0.5) is 5.69 Å². The molecule has 0 unspecified atom stereocenters. The summed E-state index contributed by atoms with van der Waals surface area (Å²) in [5.41, 5.74) is 3.18. The third-order valence-corrected chi connectivity index (χ3v) is 7.54. The molecule has 3 aromatic rings. The molecule has 0 aliphatic carbocycles. The van der Waals surface area contributed by atoms with Crippen molar-refractivity contribution in [3.05, 3.63) is 88.4 Å². The van der Waals surface area contributed by atoms with E-state index in [-0.39, 0.29) is 16.6 Å². The zero-order valence-corrected chi connectivity index (χ0v) is 21.3. The number of benzene rings is 3. The largest absolute Gasteiger partial charge is 0.495 e. The Morgan fingerprint density at radius 3 is 2.15 bits per heavy atom. The van der Waals surface area contributed by atoms with E-state index in [2.05, 4.69) is 5.32 Å². The van der Waals surface area contributed by atoms with E-state index in [0.717, 1.165) is 21.0 Å². The number of nitrogens with zero attached hydrogens (tertiary/aromatic N) is 1. The smallest absolute Gasteiger partial charge is 0.264 e. The van der Waals surface area contributed by atoms with Crippen LogP contribution in [0.15, 0.2) is 71.6 Å². The second-order valence-corrected chi connectivity index (χ2v) is 10.4. The molecule has 1 amide bonds. The Labute approximate surface area is 206 Å². The topological polar surface area (TPSA) is 75.7 Å². The molecule has 0 saturated heterocycles. The van der Waals surface area contributed by atoms with E-state index in [1.165, 1.54) is 25.3 Å². The summed E-state index contributed by atoms with van der Waals surface area (Å²) in [4.78, 5) is 13.2. The minimum Gasteiger partial charge on any atom is -0.495 e. The Hall–Kier alpha value is -3.03. The number of hydrogen-bond acceptors (Lipinski definition) is 4. The van der Waals surface area contributed by atoms with Crippen molar-refractivity contribution in [3.8, 4) is 5.75 Å². The van der Waals surface area contributed by atoms with Gasteiger partial charge in [-0.2, -0.15) is 0 Å². The number of anilines is 1. The van der Waals surface area contributed by atoms with E-state index < -0.39 is 22.5 Å². The van der Waals surface area contributed by atoms with Crippen molar-refractivity contribution in [1.29, 1.82) is 0 Å². The molecular weight excluding hydrogens is 472 g/mol. The lowest BCUT2D eigenvalue weighted by Crippen LogP contribution is -2.42. The summed E-state index contributed by atoms with van der Waals surface area (Å²) >= 11 is 6.19. The SMILES string of the molecule is CC[C@@H](NC(=O)CN(c1cc(Cl)ccc1OC)S(=O)(=O)c1ccc(C)cc1)c1ccc(C)cc1. The normalized spacial score (nSPS) is 12.1. The van der Waals surface area contributed by atoms with Crippen LogP contribution >= 0.6 is 11.6 Å². The van der Waals surface area contributed by atoms with Gasteiger partial charge in [-0.3, -0.25) is 9.10 Å². The van der Waals surface area contributed by atoms with Gasteiger partial charge >= 0.3 is 0 Å². The number of carbonyl (C=O) groups is 1. The minimum atomic E-state index is -4.09. The van der Waals surface area contributed by atoms with Crippen molar-refractivity contribution in [1.82, 2.24) is 5.32 Å². The second-order valence-electron chi connectivity index (χ2n) is 8.08. The van der Waals surface area contributed by atoms with Gasteiger partial charge in [0.2, 0.25) is 5.91 Å². The summed E-state index contributed by atoms with van der Waals surface area (Å²) in [5.74, 6) is -0.149. The monoisotopic (exact) mass is 500 g/mol. The summed E-state index contributed by atoms with van der Waals surface area (Å²) in [6, 6.07) is 18.8. The Kier molecular flexibility index (Phi) is 8.23. The van der Waals surface area contributed by atoms with Crippen molar-refractivity contribution < 1.29 is 17.9 Å². The molecule has 1 N–H and O–H groups in total. The fourth-order valence-corrected chi connectivity index (χ4v) is 5.18. The number of sulfonamides is 1. The van der Waals surface area contributed by atoms with Crippen LogP contribution in [0.2, 0.25) is 5.02 Å². The first-order chi connectivity index (χ1) is 16.1. The molecule has 180 valence electrons. The number of ether oxygens (including phenoxy) is 1. The summed E-state index contributed by atoms with van der Waals surface area (Å²) in [6.07, 6.45) is 0.653. The van der Waals surface area contributed by atoms with E-state index in [9.17, 15) is 13.2 Å². The standard InChI is InChI=1S/C26H29ClN2O4S/c1-5-23(20-10-6-18(2)7-11-20)28-26(30)17-29(24-16-21(27)12-15-25(24)33-4)34(31,32)22-13-8-19(3)9-14-22/h6-16,23H,5,17H2,1-4H3,(H,28,30)/t23-/m1/s1. The van der Waals surface area contributed by atoms with Gasteiger partial charge in [0.1, 0.15) is 12.3 Å². The summed E-state index contributed by atoms with van der Waals surface area (Å²) < 4.78 is 33.8. The highest BCUT2D eigenvalue weighted by molar-refractivity contribution is 7.92. The number of nitrogens with one attached hydrogen (secondary N) is 1. The number of hydrogen-bond donors (Lipinski definition) is 1. The van der Waals surface area contributed by atoms with Crippen molar-refractivity contribution in [2.75, 3.05) is 18.0 Å². The van der Waals surface area contributed by atoms with E-state index >= 15 is 0 Å². The van der Waals surface area contributed by atoms with Gasteiger partial charge in [0, 0.05) is 5.02 Å². The molecule has 0 heterocycles. The molecular formula is C26H29ClN2O4S. The molecule has 3 aromatic carbocycles. The Morgan fingerprint density at radius 1 is 1.00 bits per heavy atom. The molecule has 0 fully saturated rings. The minimum absolute atomic E-state index is 0.0681. The molecule has 6 nitrogen and oxygen atoms in total. The Morgan fingerprint density at radius 2 is 1.59 bits per heavy atom. The quantitative estimate of drug-likeness (QED) is 0.425. The van der Waals surface area contributed by atoms with Crippen molar-refractivity contribution >= 4 is 33.2 Å². The maximum Gasteiger partial charge on any atom is 0.264 e. The average Bonchev–Trinajstić information content (AvgIpc) is 2.82. The maximum absolute atomic E-state index is 13.7. The zero-order valence-electron chi connectivity index (χ0n) is 19.7. The van der Waals surface area contributed by atoms with Gasteiger partial charge in [-0.1, -0.05) is 66.0 Å². The van der Waals surface area contributed by atoms with E-state index in [0.29, 0.717) is 17.2 Å². The molecule has 8 heteroatoms. The average molecular weight is 501 g/mol. The van der Waals surface area contributed by atoms with Crippen molar-refractivity contribution in [3.63, 3.8) is 0 Å². The van der Waals surface area contributed by atoms with Gasteiger partial charge < -0.3 is 10.1 Å². The lowest BCUT2D eigenvalue weighted by molar-refractivity contribution is -0.120. The van der Waals surface area contributed by atoms with Crippen LogP contribution in [0.5, 0.6) is 5.75 Å². The number of rotatable bonds is 9. The van der Waals surface area contributed by atoms with Crippen molar-refractivity contribution in [2.45, 2.75) is 38.1 Å². The predicted octanol–water partition coefficient (Wildman–Crippen LogP) is 5.43. The lowest BCUT2D eigenvalue weighted by atomic mass is 10.0. The number of aryl methyl sites for hydroxylation is 2. The molecule has 0 bridgehead atoms. The molecule has 3 rings (SSSR count). The van der Waals surface area contributed by atoms with Crippen LogP contribution in [-0.4, -0.2) is 28.0 Å². The van der Waals surface area contributed by atoms with Crippen LogP contribution < -0.4 is 14.4 Å². The van der Waals surface area contributed by atoms with Gasteiger partial charge in [-0.05, 0) is 56.2 Å². The first-order valence-corrected chi connectivity index (χ1v) is 12.8. The molecule has 0 radical (unpaired) electrons. The highest BCUT2D eigenvalue weighted by Crippen LogP contribution is 2.35. The first-order valence-electron chi connectivity index (χ1n) is 10.9. The van der Waals surface area contributed by atoms with Gasteiger partial charge in [0.25, 0.3) is 10.0 Å². The highest BCUT2D eigenvalue weighted by atomic mass is 35.5. The van der Waals surface area contributed by atoms with Crippen LogP contribution in [0, 0.1) is 13.8 Å². The van der Waals surface area contributed by atoms with Gasteiger partial charge in [0.15, 0.2) is 0 Å². The molecule has 0 aromatic heterocycles. The van der Waals surface area contributed by atoms with E-state index in [4.69, 9.17) is 16.3 Å². The van der Waals surface area contributed by atoms with E-state index in [1.807, 2.05) is 45.0 Å². The summed E-state index contributed by atoms with van der Waals surface area (Å²) in [5, 5.41) is 3.29. The van der Waals surface area contributed by atoms with Crippen LogP contribution in [0.1, 0.15) is 36.1 Å². The molecule has 34 heavy (non-hydrogen) atoms. The molecule has 0 aliphatic rings. The molecule has 0 saturated carbocycles. The fourth-order valence-electron chi connectivity index (χ4n) is 3.59. The first kappa shape index (κ1) is 25.6. The lowest BCUT2D eigenvalue weighted by Gasteiger charge is -2.27. The zero-order chi connectivity index (χ0) is 24.9. The highest BCUT2D eigenvalue weighted by Gasteiger charge is 2.30. The second kappa shape index (κ2) is 10.9. The van der Waals surface area contributed by atoms with Crippen LogP contribution in [0.25, 0.3) is 0 Å². The Balaban J connectivity index is 1.98. The summed E-state index contributed by atoms with van der Waals surface area (Å²) in [7, 11) is -2.66. The third kappa shape index (κ3) is 5.90. The van der Waals surface area contributed by atoms with Crippen molar-refractivity contribution in [2.24, 2.45) is 0 Å². The third-order valence-electron chi connectivity index (χ3n) is 5.53. The maximum atomic E-state index is 13.7. The van der Waals surface area contributed by atoms with E-state index in [1.54, 1.807) is 24.3 Å². The predicted molar refractivity (Wildman–Crippen MR) is 136 cm³/mol. The number of carbonyl (C=O) groups excluding carboxylic acids is 1. The molecule has 0 spiro atoms.